The van der Waals surface area contributed by atoms with Crippen LogP contribution in [0.2, 0.25) is 0 Å². The van der Waals surface area contributed by atoms with Gasteiger partial charge < -0.3 is 10.2 Å². The molecule has 4 aliphatic rings. The van der Waals surface area contributed by atoms with Crippen LogP contribution in [0.25, 0.3) is 0 Å². The van der Waals surface area contributed by atoms with Crippen LogP contribution in [0.3, 0.4) is 0 Å². The second kappa shape index (κ2) is 6.90. The SMILES string of the molecule is CC(CCC(=O)O)[C@H]1CCC2[C@@H]3CC=C4C[C@H](O)CC[C@]4(C)C3CC[C@@]21C. The number of hydrogen-bond donors (Lipinski definition) is 2. The van der Waals surface area contributed by atoms with Crippen LogP contribution < -0.4 is 0 Å². The molecule has 0 amide bonds. The number of rotatable bonds is 4. The Morgan fingerprint density at radius 3 is 2.70 bits per heavy atom. The van der Waals surface area contributed by atoms with E-state index in [9.17, 15) is 9.90 Å². The number of aliphatic hydroxyl groups excluding tert-OH is 1. The fourth-order valence-corrected chi connectivity index (χ4v) is 8.17. The number of carbonyl (C=O) groups is 1. The van der Waals surface area contributed by atoms with Gasteiger partial charge in [0.05, 0.1) is 6.10 Å². The molecular weight excluding hydrogens is 336 g/mol. The third-order valence-corrected chi connectivity index (χ3v) is 9.65. The maximum Gasteiger partial charge on any atom is 0.303 e. The van der Waals surface area contributed by atoms with Crippen LogP contribution in [-0.4, -0.2) is 22.3 Å². The summed E-state index contributed by atoms with van der Waals surface area (Å²) >= 11 is 0. The molecule has 2 N–H and O–H groups in total. The third kappa shape index (κ3) is 3.09. The first-order chi connectivity index (χ1) is 12.8. The van der Waals surface area contributed by atoms with Crippen molar-refractivity contribution in [1.29, 1.82) is 0 Å². The molecule has 4 rings (SSSR count). The number of carboxylic acid groups (broad SMARTS) is 1. The van der Waals surface area contributed by atoms with Crippen molar-refractivity contribution in [3.05, 3.63) is 11.6 Å². The zero-order valence-corrected chi connectivity index (χ0v) is 17.4. The van der Waals surface area contributed by atoms with Crippen molar-refractivity contribution < 1.29 is 15.0 Å². The van der Waals surface area contributed by atoms with E-state index < -0.39 is 5.97 Å². The van der Waals surface area contributed by atoms with E-state index in [1.165, 1.54) is 32.1 Å². The summed E-state index contributed by atoms with van der Waals surface area (Å²) in [5, 5.41) is 19.2. The number of hydrogen-bond acceptors (Lipinski definition) is 2. The summed E-state index contributed by atoms with van der Waals surface area (Å²) in [5.41, 5.74) is 2.27. The predicted molar refractivity (Wildman–Crippen MR) is 107 cm³/mol. The van der Waals surface area contributed by atoms with E-state index in [1.54, 1.807) is 5.57 Å². The van der Waals surface area contributed by atoms with Gasteiger partial charge in [0.25, 0.3) is 0 Å². The van der Waals surface area contributed by atoms with Crippen LogP contribution in [0.4, 0.5) is 0 Å². The van der Waals surface area contributed by atoms with Gasteiger partial charge in [0.2, 0.25) is 0 Å². The summed E-state index contributed by atoms with van der Waals surface area (Å²) in [7, 11) is 0. The highest BCUT2D eigenvalue weighted by atomic mass is 16.4. The van der Waals surface area contributed by atoms with Gasteiger partial charge in [-0.3, -0.25) is 4.79 Å². The van der Waals surface area contributed by atoms with E-state index in [-0.39, 0.29) is 6.10 Å². The lowest BCUT2D eigenvalue weighted by molar-refractivity contribution is -0.137. The fourth-order valence-electron chi connectivity index (χ4n) is 8.17. The van der Waals surface area contributed by atoms with E-state index >= 15 is 0 Å². The summed E-state index contributed by atoms with van der Waals surface area (Å²) in [5.74, 6) is 2.94. The van der Waals surface area contributed by atoms with Crippen LogP contribution in [0.1, 0.15) is 85.0 Å². The van der Waals surface area contributed by atoms with E-state index in [0.29, 0.717) is 29.1 Å². The van der Waals surface area contributed by atoms with Crippen LogP contribution in [-0.2, 0) is 4.79 Å². The largest absolute Gasteiger partial charge is 0.481 e. The number of aliphatic carboxylic acids is 1. The zero-order valence-electron chi connectivity index (χ0n) is 17.4. The van der Waals surface area contributed by atoms with Gasteiger partial charge in [-0.25, -0.2) is 0 Å². The minimum absolute atomic E-state index is 0.124. The number of carboxylic acids is 1. The molecule has 0 spiro atoms. The Labute approximate surface area is 164 Å². The number of fused-ring (bicyclic) bond motifs is 5. The first-order valence-electron chi connectivity index (χ1n) is 11.3. The van der Waals surface area contributed by atoms with Gasteiger partial charge in [0.1, 0.15) is 0 Å². The average Bonchev–Trinajstić information content (AvgIpc) is 2.97. The summed E-state index contributed by atoms with van der Waals surface area (Å²) < 4.78 is 0. The Kier molecular flexibility index (Phi) is 4.98. The molecule has 27 heavy (non-hydrogen) atoms. The minimum atomic E-state index is -0.650. The quantitative estimate of drug-likeness (QED) is 0.645. The average molecular weight is 375 g/mol. The topological polar surface area (TPSA) is 57.5 Å². The lowest BCUT2D eigenvalue weighted by atomic mass is 9.47. The summed E-state index contributed by atoms with van der Waals surface area (Å²) in [6.45, 7) is 7.33. The molecule has 8 atom stereocenters. The Balaban J connectivity index is 1.54. The highest BCUT2D eigenvalue weighted by molar-refractivity contribution is 5.66. The molecule has 3 saturated carbocycles. The zero-order chi connectivity index (χ0) is 19.4. The second-order valence-corrected chi connectivity index (χ2v) is 10.8. The molecule has 0 bridgehead atoms. The van der Waals surface area contributed by atoms with E-state index in [1.807, 2.05) is 0 Å². The normalized spacial score (nSPS) is 47.4. The smallest absolute Gasteiger partial charge is 0.303 e. The van der Waals surface area contributed by atoms with Crippen molar-refractivity contribution in [3.63, 3.8) is 0 Å². The number of aliphatic hydroxyl groups is 1. The van der Waals surface area contributed by atoms with Crippen LogP contribution in [0, 0.1) is 40.4 Å². The molecule has 0 heterocycles. The molecule has 3 fully saturated rings. The standard InChI is InChI=1S/C24H38O3/c1-15(4-9-22(26)27)19-7-8-20-18-6-5-16-14-17(25)10-12-23(16,2)21(18)11-13-24(19,20)3/h5,15,17-21,25H,4,6-14H2,1-3H3,(H,26,27)/t15?,17-,18+,19-,20?,21?,23+,24-/m1/s1. The fraction of sp³-hybridized carbons (Fsp3) is 0.875. The molecule has 3 unspecified atom stereocenters. The third-order valence-electron chi connectivity index (χ3n) is 9.65. The summed E-state index contributed by atoms with van der Waals surface area (Å²) in [6, 6.07) is 0. The molecule has 0 saturated heterocycles. The van der Waals surface area contributed by atoms with E-state index in [0.717, 1.165) is 43.4 Å². The van der Waals surface area contributed by atoms with Gasteiger partial charge in [0, 0.05) is 6.42 Å². The molecule has 0 aliphatic heterocycles. The van der Waals surface area contributed by atoms with E-state index in [4.69, 9.17) is 5.11 Å². The van der Waals surface area contributed by atoms with Gasteiger partial charge >= 0.3 is 5.97 Å². The monoisotopic (exact) mass is 374 g/mol. The lowest BCUT2D eigenvalue weighted by Crippen LogP contribution is -2.50. The van der Waals surface area contributed by atoms with Gasteiger partial charge in [0.15, 0.2) is 0 Å². The Morgan fingerprint density at radius 1 is 1.19 bits per heavy atom. The Bertz CT molecular complexity index is 625. The summed E-state index contributed by atoms with van der Waals surface area (Å²) in [4.78, 5) is 11.0. The molecule has 152 valence electrons. The van der Waals surface area contributed by atoms with Crippen molar-refractivity contribution in [2.24, 2.45) is 40.4 Å². The lowest BCUT2D eigenvalue weighted by Gasteiger charge is -2.58. The van der Waals surface area contributed by atoms with Gasteiger partial charge in [-0.1, -0.05) is 32.4 Å². The van der Waals surface area contributed by atoms with Gasteiger partial charge in [-0.2, -0.15) is 0 Å². The first-order valence-corrected chi connectivity index (χ1v) is 11.3. The van der Waals surface area contributed by atoms with Crippen LogP contribution >= 0.6 is 0 Å². The molecule has 3 heteroatoms. The molecule has 0 aromatic rings. The van der Waals surface area contributed by atoms with Crippen LogP contribution in [0.15, 0.2) is 11.6 Å². The maximum atomic E-state index is 11.0. The van der Waals surface area contributed by atoms with E-state index in [2.05, 4.69) is 26.8 Å². The van der Waals surface area contributed by atoms with Gasteiger partial charge in [-0.15, -0.1) is 0 Å². The number of allylic oxidation sites excluding steroid dienone is 1. The van der Waals surface area contributed by atoms with Crippen molar-refractivity contribution in [3.8, 4) is 0 Å². The van der Waals surface area contributed by atoms with Crippen molar-refractivity contribution in [2.45, 2.75) is 91.1 Å². The minimum Gasteiger partial charge on any atom is -0.481 e. The molecule has 4 aliphatic carbocycles. The Hall–Kier alpha value is -0.830. The highest BCUT2D eigenvalue weighted by Gasteiger charge is 2.59. The predicted octanol–water partition coefficient (Wildman–Crippen LogP) is 5.43. The molecule has 3 nitrogen and oxygen atoms in total. The van der Waals surface area contributed by atoms with Crippen molar-refractivity contribution in [2.75, 3.05) is 0 Å². The first kappa shape index (κ1) is 19.5. The summed E-state index contributed by atoms with van der Waals surface area (Å²) in [6.07, 6.45) is 13.0. The Morgan fingerprint density at radius 2 is 1.96 bits per heavy atom. The second-order valence-electron chi connectivity index (χ2n) is 10.8. The molecule has 0 radical (unpaired) electrons. The van der Waals surface area contributed by atoms with Gasteiger partial charge in [-0.05, 0) is 98.2 Å². The maximum absolute atomic E-state index is 11.0. The van der Waals surface area contributed by atoms with Crippen molar-refractivity contribution >= 4 is 5.97 Å². The highest BCUT2D eigenvalue weighted by Crippen LogP contribution is 2.67. The van der Waals surface area contributed by atoms with Crippen LogP contribution in [0.5, 0.6) is 0 Å². The van der Waals surface area contributed by atoms with Crippen molar-refractivity contribution in [1.82, 2.24) is 0 Å². The molecular formula is C24H38O3. The molecule has 0 aromatic carbocycles. The molecule has 0 aromatic heterocycles.